The Morgan fingerprint density at radius 3 is 2.46 bits per heavy atom. The zero-order valence-corrected chi connectivity index (χ0v) is 16.1. The highest BCUT2D eigenvalue weighted by atomic mass is 16.5. The lowest BCUT2D eigenvalue weighted by atomic mass is 10.1. The third-order valence-corrected chi connectivity index (χ3v) is 5.59. The van der Waals surface area contributed by atoms with Crippen LogP contribution in [0.5, 0.6) is 5.75 Å². The molecule has 5 nitrogen and oxygen atoms in total. The van der Waals surface area contributed by atoms with Gasteiger partial charge in [-0.3, -0.25) is 14.6 Å². The van der Waals surface area contributed by atoms with E-state index in [9.17, 15) is 4.79 Å². The first-order valence-electron chi connectivity index (χ1n) is 10.1. The summed E-state index contributed by atoms with van der Waals surface area (Å²) in [6.07, 6.45) is 7.46. The molecule has 1 aliphatic heterocycles. The molecule has 2 aliphatic rings. The molecule has 1 N–H and O–H groups in total. The first kappa shape index (κ1) is 19.2. The van der Waals surface area contributed by atoms with E-state index in [0.29, 0.717) is 12.6 Å². The fourth-order valence-electron chi connectivity index (χ4n) is 4.03. The van der Waals surface area contributed by atoms with Gasteiger partial charge in [0.2, 0.25) is 5.91 Å². The van der Waals surface area contributed by atoms with Gasteiger partial charge in [0.15, 0.2) is 0 Å². The Labute approximate surface area is 157 Å². The molecule has 0 bridgehead atoms. The number of amides is 1. The van der Waals surface area contributed by atoms with Gasteiger partial charge in [0.05, 0.1) is 13.7 Å². The van der Waals surface area contributed by atoms with Gasteiger partial charge in [-0.25, -0.2) is 0 Å². The fraction of sp³-hybridized carbons (Fsp3) is 0.667. The van der Waals surface area contributed by atoms with Gasteiger partial charge in [0.1, 0.15) is 5.75 Å². The van der Waals surface area contributed by atoms with Crippen LogP contribution >= 0.6 is 0 Å². The van der Waals surface area contributed by atoms with Gasteiger partial charge in [0.25, 0.3) is 0 Å². The van der Waals surface area contributed by atoms with Crippen molar-refractivity contribution in [1.29, 1.82) is 0 Å². The molecule has 2 fully saturated rings. The number of carbonyl (C=O) groups excluding carboxylic acids is 1. The van der Waals surface area contributed by atoms with Crippen molar-refractivity contribution in [3.8, 4) is 5.75 Å². The molecule has 5 heteroatoms. The van der Waals surface area contributed by atoms with Crippen LogP contribution in [-0.2, 0) is 11.3 Å². The van der Waals surface area contributed by atoms with E-state index >= 15 is 0 Å². The molecule has 0 spiro atoms. The van der Waals surface area contributed by atoms with Gasteiger partial charge in [-0.1, -0.05) is 37.8 Å². The normalized spacial score (nSPS) is 20.5. The van der Waals surface area contributed by atoms with E-state index in [4.69, 9.17) is 4.74 Å². The first-order chi connectivity index (χ1) is 12.7. The van der Waals surface area contributed by atoms with Crippen molar-refractivity contribution in [1.82, 2.24) is 15.1 Å². The molecule has 3 rings (SSSR count). The summed E-state index contributed by atoms with van der Waals surface area (Å²) in [5.74, 6) is 1.12. The van der Waals surface area contributed by atoms with E-state index in [2.05, 4.69) is 27.2 Å². The molecule has 1 heterocycles. The lowest BCUT2D eigenvalue weighted by molar-refractivity contribution is -0.123. The van der Waals surface area contributed by atoms with Crippen LogP contribution in [-0.4, -0.2) is 61.6 Å². The van der Waals surface area contributed by atoms with Gasteiger partial charge < -0.3 is 10.1 Å². The average Bonchev–Trinajstić information content (AvgIpc) is 2.92. The number of ether oxygens (including phenoxy) is 1. The van der Waals surface area contributed by atoms with Crippen LogP contribution in [0.15, 0.2) is 24.3 Å². The van der Waals surface area contributed by atoms with Crippen LogP contribution in [0.4, 0.5) is 0 Å². The maximum atomic E-state index is 12.4. The number of hydrogen-bond donors (Lipinski definition) is 1. The predicted molar refractivity (Wildman–Crippen MR) is 104 cm³/mol. The molecule has 0 aromatic heterocycles. The van der Waals surface area contributed by atoms with Crippen molar-refractivity contribution in [2.24, 2.45) is 0 Å². The van der Waals surface area contributed by atoms with Gasteiger partial charge in [0, 0.05) is 38.8 Å². The summed E-state index contributed by atoms with van der Waals surface area (Å²) >= 11 is 0. The van der Waals surface area contributed by atoms with E-state index in [1.54, 1.807) is 7.11 Å². The molecule has 0 unspecified atom stereocenters. The molecule has 144 valence electrons. The van der Waals surface area contributed by atoms with Gasteiger partial charge in [-0.15, -0.1) is 0 Å². The minimum atomic E-state index is 0.207. The van der Waals surface area contributed by atoms with Crippen LogP contribution in [0.1, 0.15) is 44.1 Å². The summed E-state index contributed by atoms with van der Waals surface area (Å²) in [6, 6.07) is 8.68. The number of piperazine rings is 1. The third-order valence-electron chi connectivity index (χ3n) is 5.59. The van der Waals surface area contributed by atoms with E-state index in [1.807, 2.05) is 12.1 Å². The zero-order chi connectivity index (χ0) is 18.2. The molecule has 1 saturated heterocycles. The van der Waals surface area contributed by atoms with Crippen LogP contribution in [0.3, 0.4) is 0 Å². The molecule has 0 atom stereocenters. The van der Waals surface area contributed by atoms with Crippen molar-refractivity contribution in [3.05, 3.63) is 29.8 Å². The van der Waals surface area contributed by atoms with Crippen molar-refractivity contribution < 1.29 is 9.53 Å². The fourth-order valence-corrected chi connectivity index (χ4v) is 4.03. The number of nitrogens with zero attached hydrogens (tertiary/aromatic N) is 2. The van der Waals surface area contributed by atoms with E-state index < -0.39 is 0 Å². The van der Waals surface area contributed by atoms with Crippen molar-refractivity contribution in [3.63, 3.8) is 0 Å². The number of nitrogens with one attached hydrogen (secondary N) is 1. The Morgan fingerprint density at radius 2 is 1.77 bits per heavy atom. The summed E-state index contributed by atoms with van der Waals surface area (Å²) < 4.78 is 5.30. The second-order valence-corrected chi connectivity index (χ2v) is 7.66. The van der Waals surface area contributed by atoms with Crippen molar-refractivity contribution in [2.45, 2.75) is 51.1 Å². The predicted octanol–water partition coefficient (Wildman–Crippen LogP) is 2.65. The number of carbonyl (C=O) groups is 1. The van der Waals surface area contributed by atoms with Gasteiger partial charge in [-0.05, 0) is 30.5 Å². The Morgan fingerprint density at radius 1 is 1.08 bits per heavy atom. The Hall–Kier alpha value is -1.59. The minimum Gasteiger partial charge on any atom is -0.497 e. The number of hydrogen-bond acceptors (Lipinski definition) is 4. The highest BCUT2D eigenvalue weighted by Gasteiger charge is 2.21. The summed E-state index contributed by atoms with van der Waals surface area (Å²) in [7, 11) is 1.71. The highest BCUT2D eigenvalue weighted by molar-refractivity contribution is 5.78. The molecule has 1 saturated carbocycles. The molecule has 1 amide bonds. The Kier molecular flexibility index (Phi) is 7.32. The van der Waals surface area contributed by atoms with Crippen LogP contribution in [0, 0.1) is 0 Å². The van der Waals surface area contributed by atoms with Gasteiger partial charge in [-0.2, -0.15) is 0 Å². The summed E-state index contributed by atoms with van der Waals surface area (Å²) in [5, 5.41) is 3.26. The van der Waals surface area contributed by atoms with Crippen LogP contribution in [0.25, 0.3) is 0 Å². The maximum absolute atomic E-state index is 12.4. The molecular formula is C21H33N3O2. The van der Waals surface area contributed by atoms with E-state index in [1.165, 1.54) is 31.2 Å². The highest BCUT2D eigenvalue weighted by Crippen LogP contribution is 2.17. The van der Waals surface area contributed by atoms with Crippen molar-refractivity contribution in [2.75, 3.05) is 39.8 Å². The Bertz CT molecular complexity index is 562. The van der Waals surface area contributed by atoms with Crippen LogP contribution in [0.2, 0.25) is 0 Å². The molecule has 0 radical (unpaired) electrons. The molecule has 1 aromatic rings. The average molecular weight is 360 g/mol. The quantitative estimate of drug-likeness (QED) is 0.793. The van der Waals surface area contributed by atoms with Gasteiger partial charge >= 0.3 is 0 Å². The van der Waals surface area contributed by atoms with E-state index in [-0.39, 0.29) is 5.91 Å². The lowest BCUT2D eigenvalue weighted by Gasteiger charge is -2.34. The van der Waals surface area contributed by atoms with Crippen LogP contribution < -0.4 is 10.1 Å². The molecule has 26 heavy (non-hydrogen) atoms. The first-order valence-corrected chi connectivity index (χ1v) is 10.1. The maximum Gasteiger partial charge on any atom is 0.234 e. The Balaban J connectivity index is 1.38. The standard InChI is InChI=1S/C21H33N3O2/c1-26-20-10-6-7-18(15-20)16-23-11-13-24(14-12-23)17-21(25)22-19-8-4-2-3-5-9-19/h6-7,10,15,19H,2-5,8-9,11-14,16-17H2,1H3,(H,22,25). The minimum absolute atomic E-state index is 0.207. The lowest BCUT2D eigenvalue weighted by Crippen LogP contribution is -2.50. The SMILES string of the molecule is COc1cccc(CN2CCN(CC(=O)NC3CCCCCC3)CC2)c1. The molecule has 1 aliphatic carbocycles. The number of rotatable bonds is 6. The molecular weight excluding hydrogens is 326 g/mol. The molecule has 1 aromatic carbocycles. The largest absolute Gasteiger partial charge is 0.497 e. The summed E-state index contributed by atoms with van der Waals surface area (Å²) in [5.41, 5.74) is 1.28. The third kappa shape index (κ3) is 5.99. The number of benzene rings is 1. The second kappa shape index (κ2) is 9.93. The number of methoxy groups -OCH3 is 1. The second-order valence-electron chi connectivity index (χ2n) is 7.66. The van der Waals surface area contributed by atoms with E-state index in [0.717, 1.165) is 51.3 Å². The topological polar surface area (TPSA) is 44.8 Å². The summed E-state index contributed by atoms with van der Waals surface area (Å²) in [4.78, 5) is 17.1. The summed E-state index contributed by atoms with van der Waals surface area (Å²) in [6.45, 7) is 5.43. The monoisotopic (exact) mass is 359 g/mol. The smallest absolute Gasteiger partial charge is 0.234 e. The van der Waals surface area contributed by atoms with Crippen molar-refractivity contribution >= 4 is 5.91 Å². The zero-order valence-electron chi connectivity index (χ0n) is 16.1.